The molecule has 1 heterocycles. The summed E-state index contributed by atoms with van der Waals surface area (Å²) >= 11 is 1.46. The van der Waals surface area contributed by atoms with Crippen LogP contribution in [0.4, 0.5) is 13.2 Å². The summed E-state index contributed by atoms with van der Waals surface area (Å²) in [5.74, 6) is -0.196. The van der Waals surface area contributed by atoms with Crippen LogP contribution in [0.3, 0.4) is 0 Å². The molecule has 20 heavy (non-hydrogen) atoms. The summed E-state index contributed by atoms with van der Waals surface area (Å²) in [6.07, 6.45) is -1.26. The first-order valence-electron chi connectivity index (χ1n) is 6.29. The van der Waals surface area contributed by atoms with E-state index in [-0.39, 0.29) is 5.78 Å². The van der Waals surface area contributed by atoms with E-state index in [0.717, 1.165) is 31.4 Å². The molecular formula is C15H11F3OS. The number of halogens is 3. The van der Waals surface area contributed by atoms with E-state index in [1.54, 1.807) is 0 Å². The minimum absolute atomic E-state index is 0.196. The summed E-state index contributed by atoms with van der Waals surface area (Å²) in [5, 5.41) is 0. The number of ketones is 1. The Kier molecular flexibility index (Phi) is 3.17. The van der Waals surface area contributed by atoms with Crippen LogP contribution in [0, 0.1) is 0 Å². The molecule has 0 spiro atoms. The Morgan fingerprint density at radius 1 is 1.10 bits per heavy atom. The van der Waals surface area contributed by atoms with Crippen molar-refractivity contribution < 1.29 is 18.0 Å². The van der Waals surface area contributed by atoms with Gasteiger partial charge in [-0.3, -0.25) is 4.79 Å². The van der Waals surface area contributed by atoms with Gasteiger partial charge in [-0.1, -0.05) is 12.1 Å². The van der Waals surface area contributed by atoms with Gasteiger partial charge in [0, 0.05) is 10.4 Å². The summed E-state index contributed by atoms with van der Waals surface area (Å²) in [6.45, 7) is 0. The van der Waals surface area contributed by atoms with Crippen LogP contribution in [0.5, 0.6) is 0 Å². The third kappa shape index (κ3) is 2.38. The van der Waals surface area contributed by atoms with Crippen LogP contribution in [0.1, 0.15) is 37.7 Å². The summed E-state index contributed by atoms with van der Waals surface area (Å²) in [4.78, 5) is 14.1. The molecule has 0 N–H and O–H groups in total. The minimum Gasteiger partial charge on any atom is -0.288 e. The summed E-state index contributed by atoms with van der Waals surface area (Å²) in [6, 6.07) is 6.28. The van der Waals surface area contributed by atoms with Gasteiger partial charge in [0.15, 0.2) is 0 Å². The maximum atomic E-state index is 12.5. The number of rotatable bonds is 2. The van der Waals surface area contributed by atoms with E-state index in [0.29, 0.717) is 10.4 Å². The van der Waals surface area contributed by atoms with Gasteiger partial charge in [-0.2, -0.15) is 13.2 Å². The summed E-state index contributed by atoms with van der Waals surface area (Å²) < 4.78 is 37.4. The fourth-order valence-electron chi connectivity index (χ4n) is 2.39. The largest absolute Gasteiger partial charge is 0.416 e. The van der Waals surface area contributed by atoms with Gasteiger partial charge in [0.2, 0.25) is 5.78 Å². The van der Waals surface area contributed by atoms with E-state index < -0.39 is 11.7 Å². The molecule has 0 saturated carbocycles. The van der Waals surface area contributed by atoms with Gasteiger partial charge >= 0.3 is 6.18 Å². The first kappa shape index (κ1) is 13.4. The zero-order valence-electron chi connectivity index (χ0n) is 10.5. The molecule has 0 radical (unpaired) electrons. The fourth-order valence-corrected chi connectivity index (χ4v) is 3.61. The Labute approximate surface area is 118 Å². The van der Waals surface area contributed by atoms with Gasteiger partial charge in [0.25, 0.3) is 0 Å². The lowest BCUT2D eigenvalue weighted by molar-refractivity contribution is -0.137. The van der Waals surface area contributed by atoms with Crippen LogP contribution >= 0.6 is 11.3 Å². The Morgan fingerprint density at radius 3 is 2.40 bits per heavy atom. The topological polar surface area (TPSA) is 17.1 Å². The molecule has 3 rings (SSSR count). The van der Waals surface area contributed by atoms with Gasteiger partial charge < -0.3 is 0 Å². The number of fused-ring (bicyclic) bond motifs is 1. The molecule has 1 aromatic heterocycles. The number of thiophene rings is 1. The number of aryl methyl sites for hydroxylation is 2. The molecular weight excluding hydrogens is 285 g/mol. The van der Waals surface area contributed by atoms with Crippen LogP contribution in [0.2, 0.25) is 0 Å². The number of carbonyl (C=O) groups excluding carboxylic acids is 1. The molecule has 1 aliphatic rings. The molecule has 1 aliphatic carbocycles. The quantitative estimate of drug-likeness (QED) is 0.746. The average molecular weight is 296 g/mol. The molecule has 5 heteroatoms. The zero-order chi connectivity index (χ0) is 14.3. The predicted octanol–water partition coefficient (Wildman–Crippen LogP) is 4.49. The molecule has 0 fully saturated rings. The normalized spacial score (nSPS) is 14.3. The smallest absolute Gasteiger partial charge is 0.288 e. The van der Waals surface area contributed by atoms with E-state index in [4.69, 9.17) is 0 Å². The van der Waals surface area contributed by atoms with Crippen molar-refractivity contribution in [2.75, 3.05) is 0 Å². The molecule has 0 unspecified atom stereocenters. The molecule has 0 atom stereocenters. The van der Waals surface area contributed by atoms with Gasteiger partial charge in [-0.05, 0) is 43.0 Å². The van der Waals surface area contributed by atoms with E-state index in [9.17, 15) is 18.0 Å². The van der Waals surface area contributed by atoms with Crippen molar-refractivity contribution in [1.29, 1.82) is 0 Å². The van der Waals surface area contributed by atoms with Gasteiger partial charge in [-0.15, -0.1) is 11.3 Å². The molecule has 0 aliphatic heterocycles. The molecule has 0 amide bonds. The van der Waals surface area contributed by atoms with Crippen molar-refractivity contribution in [3.05, 3.63) is 56.8 Å². The fraction of sp³-hybridized carbons (Fsp3) is 0.267. The van der Waals surface area contributed by atoms with Crippen molar-refractivity contribution in [3.63, 3.8) is 0 Å². The highest BCUT2D eigenvalue weighted by Crippen LogP contribution is 2.33. The molecule has 0 bridgehead atoms. The summed E-state index contributed by atoms with van der Waals surface area (Å²) in [7, 11) is 0. The first-order chi connectivity index (χ1) is 9.45. The van der Waals surface area contributed by atoms with Crippen LogP contribution in [-0.2, 0) is 19.0 Å². The molecule has 1 aromatic carbocycles. The number of hydrogen-bond acceptors (Lipinski definition) is 2. The Hall–Kier alpha value is -1.62. The number of carbonyl (C=O) groups is 1. The Morgan fingerprint density at radius 2 is 1.80 bits per heavy atom. The first-order valence-corrected chi connectivity index (χ1v) is 7.10. The SMILES string of the molecule is O=C(c1ccc(C(F)(F)F)cc1)c1cc2c(s1)CCC2. The zero-order valence-corrected chi connectivity index (χ0v) is 11.3. The monoisotopic (exact) mass is 296 g/mol. The van der Waals surface area contributed by atoms with Crippen molar-refractivity contribution in [3.8, 4) is 0 Å². The highest BCUT2D eigenvalue weighted by molar-refractivity contribution is 7.14. The lowest BCUT2D eigenvalue weighted by atomic mass is 10.1. The van der Waals surface area contributed by atoms with E-state index in [2.05, 4.69) is 0 Å². The van der Waals surface area contributed by atoms with Crippen LogP contribution < -0.4 is 0 Å². The Balaban J connectivity index is 1.86. The lowest BCUT2D eigenvalue weighted by Gasteiger charge is -2.06. The van der Waals surface area contributed by atoms with E-state index >= 15 is 0 Å². The average Bonchev–Trinajstić information content (AvgIpc) is 2.97. The van der Waals surface area contributed by atoms with E-state index in [1.807, 2.05) is 6.07 Å². The van der Waals surface area contributed by atoms with Crippen LogP contribution in [0.15, 0.2) is 30.3 Å². The van der Waals surface area contributed by atoms with Crippen LogP contribution in [0.25, 0.3) is 0 Å². The highest BCUT2D eigenvalue weighted by Gasteiger charge is 2.30. The second kappa shape index (κ2) is 4.74. The van der Waals surface area contributed by atoms with Crippen LogP contribution in [-0.4, -0.2) is 5.78 Å². The van der Waals surface area contributed by atoms with Gasteiger partial charge in [-0.25, -0.2) is 0 Å². The third-order valence-corrected chi connectivity index (χ3v) is 4.68. The van der Waals surface area contributed by atoms with Crippen molar-refractivity contribution in [2.45, 2.75) is 25.4 Å². The third-order valence-electron chi connectivity index (χ3n) is 3.44. The second-order valence-corrected chi connectivity index (χ2v) is 5.95. The maximum absolute atomic E-state index is 12.5. The highest BCUT2D eigenvalue weighted by atomic mass is 32.1. The number of alkyl halides is 3. The summed E-state index contributed by atoms with van der Waals surface area (Å²) in [5.41, 5.74) is 0.783. The number of benzene rings is 1. The lowest BCUT2D eigenvalue weighted by Crippen LogP contribution is -2.06. The van der Waals surface area contributed by atoms with Gasteiger partial charge in [0.05, 0.1) is 10.4 Å². The maximum Gasteiger partial charge on any atom is 0.416 e. The van der Waals surface area contributed by atoms with Crippen molar-refractivity contribution in [1.82, 2.24) is 0 Å². The van der Waals surface area contributed by atoms with Crippen molar-refractivity contribution in [2.24, 2.45) is 0 Å². The minimum atomic E-state index is -4.37. The molecule has 104 valence electrons. The standard InChI is InChI=1S/C15H11F3OS/c16-15(17,18)11-6-4-9(5-7-11)14(19)13-8-10-2-1-3-12(10)20-13/h4-8H,1-3H2. The second-order valence-electron chi connectivity index (χ2n) is 4.82. The predicted molar refractivity (Wildman–Crippen MR) is 71.2 cm³/mol. The molecule has 2 aromatic rings. The van der Waals surface area contributed by atoms with E-state index in [1.165, 1.54) is 33.9 Å². The van der Waals surface area contributed by atoms with Crippen molar-refractivity contribution >= 4 is 17.1 Å². The van der Waals surface area contributed by atoms with Gasteiger partial charge in [0.1, 0.15) is 0 Å². The molecule has 0 saturated heterocycles. The number of hydrogen-bond donors (Lipinski definition) is 0. The molecule has 1 nitrogen and oxygen atoms in total. The Bertz CT molecular complexity index is 631.